The molecule has 0 fully saturated rings. The first-order valence-corrected chi connectivity index (χ1v) is 2.71. The summed E-state index contributed by atoms with van der Waals surface area (Å²) in [4.78, 5) is 9.65. The van der Waals surface area contributed by atoms with Gasteiger partial charge >= 0.3 is 0 Å². The van der Waals surface area contributed by atoms with Crippen LogP contribution in [0, 0.1) is 0 Å². The molecule has 0 aromatic heterocycles. The van der Waals surface area contributed by atoms with Gasteiger partial charge in [-0.2, -0.15) is 0 Å². The lowest BCUT2D eigenvalue weighted by atomic mass is 10.3. The van der Waals surface area contributed by atoms with E-state index in [1.165, 1.54) is 6.08 Å². The van der Waals surface area contributed by atoms with Gasteiger partial charge in [-0.3, -0.25) is 4.79 Å². The monoisotopic (exact) mass is 128 g/mol. The third kappa shape index (κ3) is 7.08. The van der Waals surface area contributed by atoms with E-state index in [0.717, 1.165) is 0 Å². The molecule has 0 saturated heterocycles. The van der Waals surface area contributed by atoms with Crippen LogP contribution in [-0.2, 0) is 4.79 Å². The maximum atomic E-state index is 11.8. The van der Waals surface area contributed by atoms with Crippen LogP contribution in [0.5, 0.6) is 0 Å². The minimum absolute atomic E-state index is 0.310. The van der Waals surface area contributed by atoms with E-state index in [1.807, 2.05) is 0 Å². The largest absolute Gasteiger partial charge is 0.299 e. The second-order valence-electron chi connectivity index (χ2n) is 1.62. The predicted molar refractivity (Wildman–Crippen MR) is 34.7 cm³/mol. The minimum atomic E-state index is -0.342. The molecule has 9 heavy (non-hydrogen) atoms. The Balaban J connectivity index is 3.19. The van der Waals surface area contributed by atoms with Crippen molar-refractivity contribution in [1.29, 1.82) is 0 Å². The lowest BCUT2D eigenvalue weighted by Gasteiger charge is -1.85. The second-order valence-corrected chi connectivity index (χ2v) is 1.62. The van der Waals surface area contributed by atoms with E-state index in [9.17, 15) is 9.18 Å². The Morgan fingerprint density at radius 1 is 1.67 bits per heavy atom. The minimum Gasteiger partial charge on any atom is -0.299 e. The molecule has 0 rings (SSSR count). The van der Waals surface area contributed by atoms with E-state index in [0.29, 0.717) is 19.1 Å². The van der Waals surface area contributed by atoms with Gasteiger partial charge in [0.25, 0.3) is 0 Å². The van der Waals surface area contributed by atoms with E-state index in [1.54, 1.807) is 6.08 Å². The Bertz CT molecular complexity index is 127. The molecule has 0 N–H and O–H groups in total. The maximum Gasteiger partial charge on any atom is 0.142 e. The average Bonchev–Trinajstić information content (AvgIpc) is 1.80. The summed E-state index contributed by atoms with van der Waals surface area (Å²) in [7, 11) is 0. The fourth-order valence-corrected chi connectivity index (χ4v) is 0.392. The number of aldehydes is 1. The molecule has 0 spiro atoms. The molecule has 1 nitrogen and oxygen atoms in total. The Labute approximate surface area is 53.9 Å². The summed E-state index contributed by atoms with van der Waals surface area (Å²) >= 11 is 0. The lowest BCUT2D eigenvalue weighted by molar-refractivity contribution is -0.104. The molecule has 0 aromatic rings. The van der Waals surface area contributed by atoms with Crippen molar-refractivity contribution in [3.8, 4) is 0 Å². The molecule has 0 radical (unpaired) electrons. The highest BCUT2D eigenvalue weighted by Crippen LogP contribution is 2.02. The van der Waals surface area contributed by atoms with E-state index < -0.39 is 0 Å². The summed E-state index contributed by atoms with van der Waals surface area (Å²) in [6.45, 7) is 3.06. The third-order valence-electron chi connectivity index (χ3n) is 0.797. The van der Waals surface area contributed by atoms with E-state index in [2.05, 4.69) is 6.58 Å². The highest BCUT2D eigenvalue weighted by molar-refractivity contribution is 5.64. The van der Waals surface area contributed by atoms with Crippen LogP contribution in [0.25, 0.3) is 0 Å². The number of carbonyl (C=O) groups is 1. The molecule has 0 bridgehead atoms. The van der Waals surface area contributed by atoms with Gasteiger partial charge in [0, 0.05) is 6.42 Å². The van der Waals surface area contributed by atoms with Gasteiger partial charge in [0.15, 0.2) is 0 Å². The molecule has 0 saturated carbocycles. The zero-order valence-corrected chi connectivity index (χ0v) is 5.14. The SMILES string of the molecule is C=C(F)CC/C=C/C=O. The van der Waals surface area contributed by atoms with Gasteiger partial charge in [0.05, 0.1) is 5.83 Å². The normalized spacial score (nSPS) is 9.89. The third-order valence-corrected chi connectivity index (χ3v) is 0.797. The smallest absolute Gasteiger partial charge is 0.142 e. The average molecular weight is 128 g/mol. The molecular weight excluding hydrogens is 119 g/mol. The molecule has 2 heteroatoms. The standard InChI is InChI=1S/C7H9FO/c1-7(8)5-3-2-4-6-9/h2,4,6H,1,3,5H2/b4-2+. The van der Waals surface area contributed by atoms with Crippen LogP contribution in [0.2, 0.25) is 0 Å². The van der Waals surface area contributed by atoms with Crippen LogP contribution >= 0.6 is 0 Å². The lowest BCUT2D eigenvalue weighted by Crippen LogP contribution is -1.69. The number of halogens is 1. The number of hydrogen-bond acceptors (Lipinski definition) is 1. The highest BCUT2D eigenvalue weighted by atomic mass is 19.1. The summed E-state index contributed by atoms with van der Waals surface area (Å²) in [5.74, 6) is -0.342. The second kappa shape index (κ2) is 5.22. The van der Waals surface area contributed by atoms with Gasteiger partial charge in [-0.1, -0.05) is 12.7 Å². The van der Waals surface area contributed by atoms with Gasteiger partial charge < -0.3 is 0 Å². The zero-order chi connectivity index (χ0) is 7.11. The van der Waals surface area contributed by atoms with Gasteiger partial charge in [-0.25, -0.2) is 4.39 Å². The van der Waals surface area contributed by atoms with Crippen LogP contribution in [-0.4, -0.2) is 6.29 Å². The van der Waals surface area contributed by atoms with Crippen molar-refractivity contribution in [1.82, 2.24) is 0 Å². The quantitative estimate of drug-likeness (QED) is 0.418. The topological polar surface area (TPSA) is 17.1 Å². The van der Waals surface area contributed by atoms with Crippen molar-refractivity contribution in [2.45, 2.75) is 12.8 Å². The molecule has 0 heterocycles. The van der Waals surface area contributed by atoms with Crippen LogP contribution in [0.3, 0.4) is 0 Å². The van der Waals surface area contributed by atoms with Gasteiger partial charge in [0.2, 0.25) is 0 Å². The Morgan fingerprint density at radius 2 is 2.33 bits per heavy atom. The molecule has 0 amide bonds. The van der Waals surface area contributed by atoms with Gasteiger partial charge in [-0.05, 0) is 12.5 Å². The fourth-order valence-electron chi connectivity index (χ4n) is 0.392. The Hall–Kier alpha value is -0.920. The summed E-state index contributed by atoms with van der Waals surface area (Å²) in [6, 6.07) is 0. The van der Waals surface area contributed by atoms with Crippen molar-refractivity contribution in [3.63, 3.8) is 0 Å². The molecule has 0 aliphatic rings. The number of hydrogen-bond donors (Lipinski definition) is 0. The predicted octanol–water partition coefficient (Wildman–Crippen LogP) is 2.00. The summed E-state index contributed by atoms with van der Waals surface area (Å²) in [5.41, 5.74) is 0. The number of rotatable bonds is 4. The molecular formula is C7H9FO. The Kier molecular flexibility index (Phi) is 4.69. The molecule has 0 atom stereocenters. The van der Waals surface area contributed by atoms with Gasteiger partial charge in [0.1, 0.15) is 6.29 Å². The van der Waals surface area contributed by atoms with Gasteiger partial charge in [-0.15, -0.1) is 0 Å². The van der Waals surface area contributed by atoms with Crippen LogP contribution in [0.4, 0.5) is 4.39 Å². The molecule has 50 valence electrons. The van der Waals surface area contributed by atoms with E-state index in [4.69, 9.17) is 0 Å². The molecule has 0 aliphatic heterocycles. The maximum absolute atomic E-state index is 11.8. The molecule has 0 unspecified atom stereocenters. The van der Waals surface area contributed by atoms with Crippen LogP contribution in [0.15, 0.2) is 24.6 Å². The first-order valence-electron chi connectivity index (χ1n) is 2.71. The first kappa shape index (κ1) is 8.08. The first-order chi connectivity index (χ1) is 4.27. The fraction of sp³-hybridized carbons (Fsp3) is 0.286. The van der Waals surface area contributed by atoms with E-state index in [-0.39, 0.29) is 5.83 Å². The van der Waals surface area contributed by atoms with Crippen molar-refractivity contribution < 1.29 is 9.18 Å². The molecule has 0 aliphatic carbocycles. The summed E-state index contributed by atoms with van der Waals surface area (Å²) < 4.78 is 11.8. The van der Waals surface area contributed by atoms with Crippen molar-refractivity contribution in [2.24, 2.45) is 0 Å². The van der Waals surface area contributed by atoms with Crippen LogP contribution in [0.1, 0.15) is 12.8 Å². The molecule has 0 aromatic carbocycles. The van der Waals surface area contributed by atoms with Crippen molar-refractivity contribution in [3.05, 3.63) is 24.6 Å². The Morgan fingerprint density at radius 3 is 2.78 bits per heavy atom. The summed E-state index contributed by atoms with van der Waals surface area (Å²) in [6.07, 6.45) is 4.49. The van der Waals surface area contributed by atoms with E-state index >= 15 is 0 Å². The highest BCUT2D eigenvalue weighted by Gasteiger charge is 1.84. The number of allylic oxidation sites excluding steroid dienone is 3. The van der Waals surface area contributed by atoms with Crippen LogP contribution < -0.4 is 0 Å². The van der Waals surface area contributed by atoms with Crippen molar-refractivity contribution >= 4 is 6.29 Å². The zero-order valence-electron chi connectivity index (χ0n) is 5.14. The number of carbonyl (C=O) groups excluding carboxylic acids is 1. The van der Waals surface area contributed by atoms with Crippen molar-refractivity contribution in [2.75, 3.05) is 0 Å². The summed E-state index contributed by atoms with van der Waals surface area (Å²) in [5, 5.41) is 0.